The third-order valence-electron chi connectivity index (χ3n) is 4.97. The molecule has 1 N–H and O–H groups in total. The van der Waals surface area contributed by atoms with Crippen molar-refractivity contribution in [1.82, 2.24) is 0 Å². The molecule has 1 heterocycles. The number of carbonyl (C=O) groups excluding carboxylic acids is 1. The summed E-state index contributed by atoms with van der Waals surface area (Å²) in [7, 11) is 0. The van der Waals surface area contributed by atoms with E-state index in [1.54, 1.807) is 6.92 Å². The summed E-state index contributed by atoms with van der Waals surface area (Å²) in [5.41, 5.74) is 4.29. The second kappa shape index (κ2) is 3.70. The van der Waals surface area contributed by atoms with E-state index in [2.05, 4.69) is 13.8 Å². The van der Waals surface area contributed by atoms with Crippen LogP contribution in [0.2, 0.25) is 0 Å². The molecule has 0 spiro atoms. The molecule has 3 heteroatoms. The lowest BCUT2D eigenvalue weighted by molar-refractivity contribution is -0.186. The van der Waals surface area contributed by atoms with Gasteiger partial charge in [-0.15, -0.1) is 0 Å². The van der Waals surface area contributed by atoms with Gasteiger partial charge < -0.3 is 9.84 Å². The van der Waals surface area contributed by atoms with E-state index in [4.69, 9.17) is 4.74 Å². The quantitative estimate of drug-likeness (QED) is 0.529. The molecule has 0 radical (unpaired) electrons. The molecule has 2 aliphatic carbocycles. The highest BCUT2D eigenvalue weighted by atomic mass is 16.7. The Kier molecular flexibility index (Phi) is 2.46. The van der Waals surface area contributed by atoms with Gasteiger partial charge in [-0.2, -0.15) is 0 Å². The van der Waals surface area contributed by atoms with Crippen molar-refractivity contribution in [3.63, 3.8) is 0 Å². The van der Waals surface area contributed by atoms with Crippen molar-refractivity contribution in [3.05, 3.63) is 22.3 Å². The summed E-state index contributed by atoms with van der Waals surface area (Å²) in [5, 5.41) is 10.6. The molecule has 0 aromatic carbocycles. The lowest BCUT2D eigenvalue weighted by Gasteiger charge is -2.26. The summed E-state index contributed by atoms with van der Waals surface area (Å²) in [4.78, 5) is 11.7. The Morgan fingerprint density at radius 2 is 2.11 bits per heavy atom. The van der Waals surface area contributed by atoms with Gasteiger partial charge in [-0.05, 0) is 44.9 Å². The van der Waals surface area contributed by atoms with Crippen molar-refractivity contribution in [3.8, 4) is 0 Å². The first-order valence-electron chi connectivity index (χ1n) is 6.77. The molecule has 0 saturated heterocycles. The highest BCUT2D eigenvalue weighted by molar-refractivity contribution is 5.92. The summed E-state index contributed by atoms with van der Waals surface area (Å²) >= 11 is 0. The normalized spacial score (nSPS) is 39.7. The Morgan fingerprint density at radius 1 is 1.39 bits per heavy atom. The number of rotatable bonds is 0. The van der Waals surface area contributed by atoms with Gasteiger partial charge in [0.15, 0.2) is 0 Å². The van der Waals surface area contributed by atoms with E-state index in [0.717, 1.165) is 18.4 Å². The zero-order valence-electron chi connectivity index (χ0n) is 11.2. The van der Waals surface area contributed by atoms with Crippen molar-refractivity contribution >= 4 is 5.97 Å². The van der Waals surface area contributed by atoms with Gasteiger partial charge in [-0.3, -0.25) is 0 Å². The van der Waals surface area contributed by atoms with E-state index < -0.39 is 5.79 Å². The van der Waals surface area contributed by atoms with Crippen LogP contribution in [0.1, 0.15) is 46.5 Å². The monoisotopic (exact) mass is 248 g/mol. The van der Waals surface area contributed by atoms with Crippen LogP contribution in [0.25, 0.3) is 0 Å². The maximum Gasteiger partial charge on any atom is 0.336 e. The minimum Gasteiger partial charge on any atom is -0.426 e. The van der Waals surface area contributed by atoms with E-state index in [9.17, 15) is 9.90 Å². The summed E-state index contributed by atoms with van der Waals surface area (Å²) in [5.74, 6) is -0.773. The first-order chi connectivity index (χ1) is 8.42. The van der Waals surface area contributed by atoms with Gasteiger partial charge in [-0.1, -0.05) is 18.1 Å². The Hall–Kier alpha value is -1.09. The average molecular weight is 248 g/mol. The molecule has 3 aliphatic rings. The van der Waals surface area contributed by atoms with Gasteiger partial charge in [0.25, 0.3) is 0 Å². The number of aliphatic hydroxyl groups is 1. The molecule has 0 aromatic rings. The number of hydrogen-bond acceptors (Lipinski definition) is 3. The standard InChI is InChI=1S/C15H20O3/c1-8-4-5-11-9(2)7-15(17)13(6-12(8)11)10(3)14(16)18-15/h9,11,17H,4-7H2,1-3H3/t9-,11+,15+/m1/s1. The summed E-state index contributed by atoms with van der Waals surface area (Å²) in [6, 6.07) is 0. The summed E-state index contributed by atoms with van der Waals surface area (Å²) in [6.07, 6.45) is 3.59. The Morgan fingerprint density at radius 3 is 2.83 bits per heavy atom. The Bertz CT molecular complexity index is 486. The van der Waals surface area contributed by atoms with Gasteiger partial charge in [0.1, 0.15) is 0 Å². The summed E-state index contributed by atoms with van der Waals surface area (Å²) < 4.78 is 5.24. The molecule has 1 fully saturated rings. The van der Waals surface area contributed by atoms with Gasteiger partial charge in [0, 0.05) is 17.6 Å². The molecule has 1 aliphatic heterocycles. The second-order valence-electron chi connectivity index (χ2n) is 6.09. The third kappa shape index (κ3) is 1.50. The van der Waals surface area contributed by atoms with Gasteiger partial charge in [-0.25, -0.2) is 4.79 Å². The topological polar surface area (TPSA) is 46.5 Å². The van der Waals surface area contributed by atoms with E-state index in [1.165, 1.54) is 17.6 Å². The fourth-order valence-electron chi connectivity index (χ4n) is 3.85. The molecule has 98 valence electrons. The Balaban J connectivity index is 2.10. The predicted molar refractivity (Wildman–Crippen MR) is 67.6 cm³/mol. The van der Waals surface area contributed by atoms with Crippen LogP contribution in [-0.4, -0.2) is 16.9 Å². The summed E-state index contributed by atoms with van der Waals surface area (Å²) in [6.45, 7) is 6.11. The van der Waals surface area contributed by atoms with E-state index in [0.29, 0.717) is 23.8 Å². The smallest absolute Gasteiger partial charge is 0.336 e. The van der Waals surface area contributed by atoms with Gasteiger partial charge in [0.2, 0.25) is 5.79 Å². The van der Waals surface area contributed by atoms with Crippen LogP contribution in [0, 0.1) is 11.8 Å². The highest BCUT2D eigenvalue weighted by Gasteiger charge is 2.50. The Labute approximate surface area is 108 Å². The lowest BCUT2D eigenvalue weighted by atomic mass is 9.86. The molecule has 0 bridgehead atoms. The molecule has 3 atom stereocenters. The third-order valence-corrected chi connectivity index (χ3v) is 4.97. The van der Waals surface area contributed by atoms with E-state index in [1.807, 2.05) is 0 Å². The fraction of sp³-hybridized carbons (Fsp3) is 0.667. The molecular weight excluding hydrogens is 228 g/mol. The van der Waals surface area contributed by atoms with Crippen molar-refractivity contribution in [2.24, 2.45) is 11.8 Å². The van der Waals surface area contributed by atoms with Crippen molar-refractivity contribution in [1.29, 1.82) is 0 Å². The molecule has 3 rings (SSSR count). The van der Waals surface area contributed by atoms with Crippen LogP contribution in [0.5, 0.6) is 0 Å². The SMILES string of the molecule is CC1=C2CC3=C(C)C(=O)O[C@@]3(O)C[C@@H](C)[C@@H]2CC1. The molecule has 1 saturated carbocycles. The number of fused-ring (bicyclic) bond motifs is 2. The number of ether oxygens (including phenoxy) is 1. The first kappa shape index (κ1) is 12.0. The number of carbonyl (C=O) groups is 1. The zero-order chi connectivity index (χ0) is 13.1. The van der Waals surface area contributed by atoms with Crippen molar-refractivity contribution < 1.29 is 14.6 Å². The van der Waals surface area contributed by atoms with Gasteiger partial charge >= 0.3 is 5.97 Å². The van der Waals surface area contributed by atoms with E-state index in [-0.39, 0.29) is 5.97 Å². The molecule has 0 aromatic heterocycles. The number of esters is 1. The highest BCUT2D eigenvalue weighted by Crippen LogP contribution is 2.50. The molecule has 0 amide bonds. The lowest BCUT2D eigenvalue weighted by Crippen LogP contribution is -2.33. The molecular formula is C15H20O3. The predicted octanol–water partition coefficient (Wildman–Crippen LogP) is 2.70. The van der Waals surface area contributed by atoms with Crippen LogP contribution < -0.4 is 0 Å². The molecule has 3 nitrogen and oxygen atoms in total. The van der Waals surface area contributed by atoms with Gasteiger partial charge in [0.05, 0.1) is 0 Å². The molecule has 0 unspecified atom stereocenters. The number of allylic oxidation sites excluding steroid dienone is 2. The zero-order valence-corrected chi connectivity index (χ0v) is 11.2. The largest absolute Gasteiger partial charge is 0.426 e. The van der Waals surface area contributed by atoms with Crippen LogP contribution in [0.4, 0.5) is 0 Å². The van der Waals surface area contributed by atoms with Crippen molar-refractivity contribution in [2.45, 2.75) is 52.2 Å². The first-order valence-corrected chi connectivity index (χ1v) is 6.77. The maximum absolute atomic E-state index is 11.7. The van der Waals surface area contributed by atoms with Crippen LogP contribution in [-0.2, 0) is 9.53 Å². The van der Waals surface area contributed by atoms with E-state index >= 15 is 0 Å². The van der Waals surface area contributed by atoms with Crippen LogP contribution in [0.15, 0.2) is 22.3 Å². The van der Waals surface area contributed by atoms with Crippen LogP contribution >= 0.6 is 0 Å². The van der Waals surface area contributed by atoms with Crippen LogP contribution in [0.3, 0.4) is 0 Å². The molecule has 18 heavy (non-hydrogen) atoms. The minimum atomic E-state index is -1.34. The fourth-order valence-corrected chi connectivity index (χ4v) is 3.85. The second-order valence-corrected chi connectivity index (χ2v) is 6.09. The average Bonchev–Trinajstić information content (AvgIpc) is 2.70. The maximum atomic E-state index is 11.7. The minimum absolute atomic E-state index is 0.352. The number of hydrogen-bond donors (Lipinski definition) is 1. The van der Waals surface area contributed by atoms with Crippen molar-refractivity contribution in [2.75, 3.05) is 0 Å².